The van der Waals surface area contributed by atoms with Crippen molar-refractivity contribution in [2.45, 2.75) is 24.5 Å². The van der Waals surface area contributed by atoms with E-state index in [2.05, 4.69) is 10.3 Å². The number of amides is 1. The lowest BCUT2D eigenvalue weighted by molar-refractivity contribution is -0.137. The number of rotatable bonds is 8. The molecule has 31 heavy (non-hydrogen) atoms. The minimum atomic E-state index is -4.43. The van der Waals surface area contributed by atoms with E-state index in [1.807, 2.05) is 24.3 Å². The Morgan fingerprint density at radius 3 is 2.42 bits per heavy atom. The van der Waals surface area contributed by atoms with Crippen LogP contribution in [0.25, 0.3) is 0 Å². The number of aliphatic hydroxyl groups excluding tert-OH is 1. The van der Waals surface area contributed by atoms with Gasteiger partial charge in [0.25, 0.3) is 0 Å². The monoisotopic (exact) mass is 451 g/mol. The fourth-order valence-corrected chi connectivity index (χ4v) is 3.58. The van der Waals surface area contributed by atoms with Crippen molar-refractivity contribution in [2.24, 2.45) is 0 Å². The number of nitrogens with one attached hydrogen (secondary N) is 1. The SMILES string of the molecule is COc1ccc(Cn2c(CO)cnc2SCC(=O)Nc2ccc(C(F)(F)F)cc2)cc1. The first-order chi connectivity index (χ1) is 14.8. The Morgan fingerprint density at radius 1 is 1.16 bits per heavy atom. The lowest BCUT2D eigenvalue weighted by Crippen LogP contribution is -2.15. The van der Waals surface area contributed by atoms with E-state index < -0.39 is 11.7 Å². The molecule has 2 aromatic carbocycles. The highest BCUT2D eigenvalue weighted by Gasteiger charge is 2.30. The summed E-state index contributed by atoms with van der Waals surface area (Å²) in [4.78, 5) is 16.5. The molecule has 0 aliphatic rings. The van der Waals surface area contributed by atoms with Crippen molar-refractivity contribution in [3.63, 3.8) is 0 Å². The van der Waals surface area contributed by atoms with Crippen LogP contribution in [0.3, 0.4) is 0 Å². The van der Waals surface area contributed by atoms with Gasteiger partial charge in [-0.05, 0) is 42.0 Å². The molecule has 0 saturated heterocycles. The zero-order valence-corrected chi connectivity index (χ0v) is 17.3. The van der Waals surface area contributed by atoms with Crippen molar-refractivity contribution >= 4 is 23.4 Å². The number of aromatic nitrogens is 2. The maximum atomic E-state index is 12.6. The molecular weight excluding hydrogens is 431 g/mol. The van der Waals surface area contributed by atoms with Gasteiger partial charge in [-0.3, -0.25) is 4.79 Å². The summed E-state index contributed by atoms with van der Waals surface area (Å²) in [6.07, 6.45) is -2.89. The minimum absolute atomic E-state index is 0.00547. The van der Waals surface area contributed by atoms with Gasteiger partial charge in [0.1, 0.15) is 5.75 Å². The zero-order valence-electron chi connectivity index (χ0n) is 16.5. The lowest BCUT2D eigenvalue weighted by Gasteiger charge is -2.12. The third-order valence-corrected chi connectivity index (χ3v) is 5.38. The van der Waals surface area contributed by atoms with Crippen molar-refractivity contribution in [2.75, 3.05) is 18.2 Å². The van der Waals surface area contributed by atoms with Crippen LogP contribution in [0.4, 0.5) is 18.9 Å². The topological polar surface area (TPSA) is 76.4 Å². The van der Waals surface area contributed by atoms with Crippen molar-refractivity contribution in [3.05, 3.63) is 71.5 Å². The van der Waals surface area contributed by atoms with Crippen LogP contribution in [0, 0.1) is 0 Å². The normalized spacial score (nSPS) is 11.4. The van der Waals surface area contributed by atoms with Crippen molar-refractivity contribution in [3.8, 4) is 5.75 Å². The smallest absolute Gasteiger partial charge is 0.416 e. The molecule has 10 heteroatoms. The van der Waals surface area contributed by atoms with Crippen LogP contribution < -0.4 is 10.1 Å². The number of imidazole rings is 1. The van der Waals surface area contributed by atoms with Gasteiger partial charge in [0.2, 0.25) is 5.91 Å². The summed E-state index contributed by atoms with van der Waals surface area (Å²) >= 11 is 1.17. The predicted octanol–water partition coefficient (Wildman–Crippen LogP) is 4.18. The van der Waals surface area contributed by atoms with Crippen LogP contribution in [0.2, 0.25) is 0 Å². The highest BCUT2D eigenvalue weighted by Crippen LogP contribution is 2.30. The van der Waals surface area contributed by atoms with E-state index in [1.165, 1.54) is 23.9 Å². The number of hydrogen-bond donors (Lipinski definition) is 2. The molecule has 1 heterocycles. The molecule has 1 amide bonds. The summed E-state index contributed by atoms with van der Waals surface area (Å²) in [5.74, 6) is 0.353. The number of hydrogen-bond acceptors (Lipinski definition) is 5. The lowest BCUT2D eigenvalue weighted by atomic mass is 10.2. The second-order valence-electron chi connectivity index (χ2n) is 6.54. The summed E-state index contributed by atoms with van der Waals surface area (Å²) in [5.41, 5.74) is 1.05. The third kappa shape index (κ3) is 6.02. The van der Waals surface area contributed by atoms with E-state index in [-0.39, 0.29) is 24.0 Å². The van der Waals surface area contributed by atoms with E-state index in [0.29, 0.717) is 17.4 Å². The minimum Gasteiger partial charge on any atom is -0.497 e. The maximum Gasteiger partial charge on any atom is 0.416 e. The molecule has 0 aliphatic heterocycles. The zero-order chi connectivity index (χ0) is 22.4. The van der Waals surface area contributed by atoms with Crippen molar-refractivity contribution in [1.29, 1.82) is 0 Å². The average Bonchev–Trinajstić information content (AvgIpc) is 3.14. The first kappa shape index (κ1) is 22.7. The Labute approximate surface area is 181 Å². The summed E-state index contributed by atoms with van der Waals surface area (Å²) < 4.78 is 44.8. The molecule has 0 radical (unpaired) electrons. The molecule has 0 aliphatic carbocycles. The van der Waals surface area contributed by atoms with E-state index in [0.717, 1.165) is 23.4 Å². The summed E-state index contributed by atoms with van der Waals surface area (Å²) in [6.45, 7) is 0.240. The molecule has 0 spiro atoms. The van der Waals surface area contributed by atoms with Gasteiger partial charge in [-0.25, -0.2) is 4.98 Å². The highest BCUT2D eigenvalue weighted by molar-refractivity contribution is 7.99. The molecule has 3 rings (SSSR count). The van der Waals surface area contributed by atoms with Crippen LogP contribution in [-0.2, 0) is 24.1 Å². The van der Waals surface area contributed by atoms with Crippen LogP contribution in [0.5, 0.6) is 5.75 Å². The number of thioether (sulfide) groups is 1. The van der Waals surface area contributed by atoms with Crippen LogP contribution in [-0.4, -0.2) is 33.4 Å². The fourth-order valence-electron chi connectivity index (χ4n) is 2.79. The molecule has 0 unspecified atom stereocenters. The second-order valence-corrected chi connectivity index (χ2v) is 7.48. The molecule has 0 saturated carbocycles. The number of anilines is 1. The maximum absolute atomic E-state index is 12.6. The molecule has 164 valence electrons. The molecular formula is C21H20F3N3O3S. The van der Waals surface area contributed by atoms with Crippen molar-refractivity contribution in [1.82, 2.24) is 9.55 Å². The van der Waals surface area contributed by atoms with E-state index >= 15 is 0 Å². The predicted molar refractivity (Wildman–Crippen MR) is 111 cm³/mol. The van der Waals surface area contributed by atoms with E-state index in [4.69, 9.17) is 4.74 Å². The first-order valence-corrected chi connectivity index (χ1v) is 10.2. The largest absolute Gasteiger partial charge is 0.497 e. The summed E-state index contributed by atoms with van der Waals surface area (Å²) in [6, 6.07) is 11.7. The molecule has 0 bridgehead atoms. The summed E-state index contributed by atoms with van der Waals surface area (Å²) in [5, 5.41) is 12.7. The summed E-state index contributed by atoms with van der Waals surface area (Å²) in [7, 11) is 1.58. The number of aliphatic hydroxyl groups is 1. The first-order valence-electron chi connectivity index (χ1n) is 9.18. The Balaban J connectivity index is 1.63. The van der Waals surface area contributed by atoms with Crippen molar-refractivity contribution < 1.29 is 27.8 Å². The standard InChI is InChI=1S/C21H20F3N3O3S/c1-30-18-8-2-14(3-9-18)11-27-17(12-28)10-25-20(27)31-13-19(29)26-16-6-4-15(5-7-16)21(22,23)24/h2-10,28H,11-13H2,1H3,(H,26,29). The van der Waals surface area contributed by atoms with Gasteiger partial charge in [-0.15, -0.1) is 0 Å². The van der Waals surface area contributed by atoms with Crippen LogP contribution >= 0.6 is 11.8 Å². The molecule has 0 atom stereocenters. The van der Waals surface area contributed by atoms with E-state index in [1.54, 1.807) is 17.9 Å². The quantitative estimate of drug-likeness (QED) is 0.503. The van der Waals surface area contributed by atoms with Gasteiger partial charge in [0.05, 0.1) is 36.9 Å². The number of halogens is 3. The number of benzene rings is 2. The van der Waals surface area contributed by atoms with Crippen LogP contribution in [0.1, 0.15) is 16.8 Å². The molecule has 6 nitrogen and oxygen atoms in total. The Hall–Kier alpha value is -2.98. The fraction of sp³-hybridized carbons (Fsp3) is 0.238. The molecule has 0 fully saturated rings. The van der Waals surface area contributed by atoms with Gasteiger partial charge in [0, 0.05) is 12.2 Å². The van der Waals surface area contributed by atoms with Gasteiger partial charge >= 0.3 is 6.18 Å². The Morgan fingerprint density at radius 2 is 1.84 bits per heavy atom. The number of alkyl halides is 3. The number of methoxy groups -OCH3 is 1. The third-order valence-electron chi connectivity index (χ3n) is 4.39. The number of ether oxygens (including phenoxy) is 1. The molecule has 2 N–H and O–H groups in total. The number of carbonyl (C=O) groups excluding carboxylic acids is 1. The number of carbonyl (C=O) groups is 1. The Bertz CT molecular complexity index is 1020. The van der Waals surface area contributed by atoms with Gasteiger partial charge < -0.3 is 19.7 Å². The van der Waals surface area contributed by atoms with Gasteiger partial charge in [-0.1, -0.05) is 23.9 Å². The number of nitrogens with zero attached hydrogens (tertiary/aromatic N) is 2. The highest BCUT2D eigenvalue weighted by atomic mass is 32.2. The molecule has 3 aromatic rings. The second kappa shape index (κ2) is 9.88. The van der Waals surface area contributed by atoms with E-state index in [9.17, 15) is 23.1 Å². The molecule has 1 aromatic heterocycles. The average molecular weight is 451 g/mol. The van der Waals surface area contributed by atoms with Gasteiger partial charge in [0.15, 0.2) is 5.16 Å². The van der Waals surface area contributed by atoms with Crippen LogP contribution in [0.15, 0.2) is 59.9 Å². The Kier molecular flexibility index (Phi) is 7.24. The van der Waals surface area contributed by atoms with Gasteiger partial charge in [-0.2, -0.15) is 13.2 Å².